The topological polar surface area (TPSA) is 44.9 Å². The number of hydrogen-bond acceptors (Lipinski definition) is 2. The van der Waals surface area contributed by atoms with Gasteiger partial charge < -0.3 is 10.3 Å². The van der Waals surface area contributed by atoms with Gasteiger partial charge in [-0.25, -0.2) is 0 Å². The Hall–Kier alpha value is -2.46. The number of carbonyl (C=O) groups is 1. The Kier molecular flexibility index (Phi) is 5.17. The molecule has 0 spiro atoms. The second kappa shape index (κ2) is 7.70. The highest BCUT2D eigenvalue weighted by atomic mass is 32.2. The number of thioether (sulfide) groups is 1. The SMILES string of the molecule is O=C(/C=C/c1ccccc1)NCCSc1c[nH]c2ccccc12. The van der Waals surface area contributed by atoms with Gasteiger partial charge in [0, 0.05) is 40.4 Å². The van der Waals surface area contributed by atoms with Crippen molar-refractivity contribution in [1.29, 1.82) is 0 Å². The lowest BCUT2D eigenvalue weighted by atomic mass is 10.2. The van der Waals surface area contributed by atoms with Crippen LogP contribution in [0.1, 0.15) is 5.56 Å². The molecule has 0 aliphatic heterocycles. The zero-order valence-electron chi connectivity index (χ0n) is 12.7. The third-order valence-corrected chi connectivity index (χ3v) is 4.49. The van der Waals surface area contributed by atoms with E-state index in [4.69, 9.17) is 0 Å². The number of carbonyl (C=O) groups excluding carboxylic acids is 1. The predicted octanol–water partition coefficient (Wildman–Crippen LogP) is 4.09. The molecule has 116 valence electrons. The van der Waals surface area contributed by atoms with E-state index in [-0.39, 0.29) is 5.91 Å². The second-order valence-electron chi connectivity index (χ2n) is 5.08. The first kappa shape index (κ1) is 15.4. The zero-order chi connectivity index (χ0) is 15.9. The van der Waals surface area contributed by atoms with Gasteiger partial charge in [-0.05, 0) is 17.7 Å². The van der Waals surface area contributed by atoms with E-state index >= 15 is 0 Å². The molecular formula is C19H18N2OS. The number of fused-ring (bicyclic) bond motifs is 1. The van der Waals surface area contributed by atoms with E-state index in [1.807, 2.05) is 54.7 Å². The van der Waals surface area contributed by atoms with Crippen molar-refractivity contribution in [2.24, 2.45) is 0 Å². The summed E-state index contributed by atoms with van der Waals surface area (Å²) in [7, 11) is 0. The average Bonchev–Trinajstić information content (AvgIpc) is 3.01. The number of para-hydroxylation sites is 1. The van der Waals surface area contributed by atoms with Gasteiger partial charge in [0.25, 0.3) is 0 Å². The molecule has 1 heterocycles. The normalized spacial score (nSPS) is 11.1. The maximum Gasteiger partial charge on any atom is 0.244 e. The molecule has 4 heteroatoms. The number of H-pyrrole nitrogens is 1. The fourth-order valence-electron chi connectivity index (χ4n) is 2.29. The standard InChI is InChI=1S/C19H18N2OS/c22-19(11-10-15-6-2-1-3-7-15)20-12-13-23-18-14-21-17-9-5-4-8-16(17)18/h1-11,14,21H,12-13H2,(H,20,22)/b11-10+. The molecule has 1 aromatic heterocycles. The summed E-state index contributed by atoms with van der Waals surface area (Å²) < 4.78 is 0. The highest BCUT2D eigenvalue weighted by Crippen LogP contribution is 2.27. The van der Waals surface area contributed by atoms with Crippen molar-refractivity contribution in [2.45, 2.75) is 4.90 Å². The van der Waals surface area contributed by atoms with Gasteiger partial charge in [-0.3, -0.25) is 4.79 Å². The van der Waals surface area contributed by atoms with E-state index in [0.717, 1.165) is 16.8 Å². The van der Waals surface area contributed by atoms with Crippen LogP contribution in [-0.2, 0) is 4.79 Å². The quantitative estimate of drug-likeness (QED) is 0.408. The van der Waals surface area contributed by atoms with Crippen LogP contribution in [0.25, 0.3) is 17.0 Å². The first-order chi connectivity index (χ1) is 11.3. The maximum absolute atomic E-state index is 11.8. The summed E-state index contributed by atoms with van der Waals surface area (Å²) >= 11 is 1.74. The Balaban J connectivity index is 1.44. The fraction of sp³-hybridized carbons (Fsp3) is 0.105. The molecule has 0 fully saturated rings. The third-order valence-electron chi connectivity index (χ3n) is 3.44. The molecule has 23 heavy (non-hydrogen) atoms. The van der Waals surface area contributed by atoms with Gasteiger partial charge in [0.05, 0.1) is 0 Å². The third kappa shape index (κ3) is 4.27. The van der Waals surface area contributed by atoms with Crippen LogP contribution in [0.15, 0.2) is 71.8 Å². The van der Waals surface area contributed by atoms with Gasteiger partial charge in [-0.1, -0.05) is 48.5 Å². The summed E-state index contributed by atoms with van der Waals surface area (Å²) in [4.78, 5) is 16.3. The van der Waals surface area contributed by atoms with Crippen LogP contribution >= 0.6 is 11.8 Å². The molecule has 0 bridgehead atoms. The van der Waals surface area contributed by atoms with Crippen molar-refractivity contribution in [3.63, 3.8) is 0 Å². The van der Waals surface area contributed by atoms with Gasteiger partial charge >= 0.3 is 0 Å². The van der Waals surface area contributed by atoms with E-state index in [1.165, 1.54) is 10.3 Å². The Morgan fingerprint density at radius 3 is 2.74 bits per heavy atom. The minimum absolute atomic E-state index is 0.0617. The minimum atomic E-state index is -0.0617. The fourth-order valence-corrected chi connectivity index (χ4v) is 3.19. The molecule has 3 aromatic rings. The maximum atomic E-state index is 11.8. The van der Waals surface area contributed by atoms with E-state index in [9.17, 15) is 4.79 Å². The number of hydrogen-bond donors (Lipinski definition) is 2. The van der Waals surface area contributed by atoms with Crippen molar-refractivity contribution in [1.82, 2.24) is 10.3 Å². The smallest absolute Gasteiger partial charge is 0.244 e. The lowest BCUT2D eigenvalue weighted by Crippen LogP contribution is -2.23. The lowest BCUT2D eigenvalue weighted by molar-refractivity contribution is -0.116. The van der Waals surface area contributed by atoms with Crippen molar-refractivity contribution in [2.75, 3.05) is 12.3 Å². The van der Waals surface area contributed by atoms with Gasteiger partial charge in [0.2, 0.25) is 5.91 Å². The monoisotopic (exact) mass is 322 g/mol. The average molecular weight is 322 g/mol. The number of rotatable bonds is 6. The van der Waals surface area contributed by atoms with Crippen molar-refractivity contribution >= 4 is 34.6 Å². The summed E-state index contributed by atoms with van der Waals surface area (Å²) in [6, 6.07) is 18.0. The Bertz CT molecular complexity index is 808. The zero-order valence-corrected chi connectivity index (χ0v) is 13.5. The van der Waals surface area contributed by atoms with Crippen LogP contribution in [0, 0.1) is 0 Å². The van der Waals surface area contributed by atoms with Gasteiger partial charge in [-0.2, -0.15) is 0 Å². The van der Waals surface area contributed by atoms with Crippen LogP contribution in [0.3, 0.4) is 0 Å². The molecule has 0 unspecified atom stereocenters. The molecule has 3 rings (SSSR count). The number of aromatic nitrogens is 1. The van der Waals surface area contributed by atoms with Gasteiger partial charge in [-0.15, -0.1) is 11.8 Å². The van der Waals surface area contributed by atoms with Crippen LogP contribution < -0.4 is 5.32 Å². The molecular weight excluding hydrogens is 304 g/mol. The number of nitrogens with one attached hydrogen (secondary N) is 2. The van der Waals surface area contributed by atoms with Crippen LogP contribution in [0.4, 0.5) is 0 Å². The van der Waals surface area contributed by atoms with Crippen LogP contribution in [-0.4, -0.2) is 23.2 Å². The summed E-state index contributed by atoms with van der Waals surface area (Å²) in [6.45, 7) is 0.641. The van der Waals surface area contributed by atoms with Crippen molar-refractivity contribution < 1.29 is 4.79 Å². The number of benzene rings is 2. The Labute approximate surface area is 139 Å². The molecule has 0 radical (unpaired) electrons. The molecule has 3 nitrogen and oxygen atoms in total. The van der Waals surface area contributed by atoms with Crippen LogP contribution in [0.2, 0.25) is 0 Å². The lowest BCUT2D eigenvalue weighted by Gasteiger charge is -2.02. The first-order valence-electron chi connectivity index (χ1n) is 7.53. The van der Waals surface area contributed by atoms with E-state index < -0.39 is 0 Å². The number of amides is 1. The summed E-state index contributed by atoms with van der Waals surface area (Å²) in [5.41, 5.74) is 2.17. The Morgan fingerprint density at radius 2 is 1.87 bits per heavy atom. The van der Waals surface area contributed by atoms with E-state index in [1.54, 1.807) is 17.8 Å². The summed E-state index contributed by atoms with van der Waals surface area (Å²) in [6.07, 6.45) is 5.42. The van der Waals surface area contributed by atoms with Gasteiger partial charge in [0.15, 0.2) is 0 Å². The molecule has 0 aliphatic rings. The van der Waals surface area contributed by atoms with E-state index in [0.29, 0.717) is 6.54 Å². The van der Waals surface area contributed by atoms with Crippen LogP contribution in [0.5, 0.6) is 0 Å². The summed E-state index contributed by atoms with van der Waals surface area (Å²) in [5, 5.41) is 4.14. The highest BCUT2D eigenvalue weighted by Gasteiger charge is 2.03. The molecule has 0 saturated heterocycles. The van der Waals surface area contributed by atoms with E-state index in [2.05, 4.69) is 22.4 Å². The molecule has 2 aromatic carbocycles. The largest absolute Gasteiger partial charge is 0.360 e. The molecule has 0 atom stereocenters. The number of aromatic amines is 1. The molecule has 0 saturated carbocycles. The Morgan fingerprint density at radius 1 is 1.09 bits per heavy atom. The minimum Gasteiger partial charge on any atom is -0.360 e. The summed E-state index contributed by atoms with van der Waals surface area (Å²) in [5.74, 6) is 0.778. The molecule has 2 N–H and O–H groups in total. The highest BCUT2D eigenvalue weighted by molar-refractivity contribution is 7.99. The second-order valence-corrected chi connectivity index (χ2v) is 6.22. The van der Waals surface area contributed by atoms with Crippen molar-refractivity contribution in [3.05, 3.63) is 72.4 Å². The van der Waals surface area contributed by atoms with Crippen molar-refractivity contribution in [3.8, 4) is 0 Å². The predicted molar refractivity (Wildman–Crippen MR) is 97.5 cm³/mol. The molecule has 1 amide bonds. The first-order valence-corrected chi connectivity index (χ1v) is 8.51. The van der Waals surface area contributed by atoms with Gasteiger partial charge in [0.1, 0.15) is 0 Å². The molecule has 0 aliphatic carbocycles.